The zero-order chi connectivity index (χ0) is 10.6. The number of fused-ring (bicyclic) bond motifs is 1. The maximum Gasteiger partial charge on any atom is 0.233 e. The van der Waals surface area contributed by atoms with Crippen LogP contribution in [0.2, 0.25) is 0 Å². The lowest BCUT2D eigenvalue weighted by Gasteiger charge is -2.13. The Kier molecular flexibility index (Phi) is 1.76. The zero-order valence-electron chi connectivity index (χ0n) is 7.64. The summed E-state index contributed by atoms with van der Waals surface area (Å²) in [4.78, 5) is 24.5. The molecule has 0 aromatic carbocycles. The summed E-state index contributed by atoms with van der Waals surface area (Å²) in [5, 5.41) is 3.63. The first-order valence-corrected chi connectivity index (χ1v) is 5.42. The van der Waals surface area contributed by atoms with E-state index in [0.717, 1.165) is 6.42 Å². The molecule has 1 aromatic rings. The summed E-state index contributed by atoms with van der Waals surface area (Å²) in [6, 6.07) is 1.66. The van der Waals surface area contributed by atoms with Crippen molar-refractivity contribution in [2.75, 3.05) is 0 Å². The number of carbonyl (C=O) groups excluding carboxylic acids is 2. The third-order valence-electron chi connectivity index (χ3n) is 2.80. The summed E-state index contributed by atoms with van der Waals surface area (Å²) >= 11 is 3.14. The van der Waals surface area contributed by atoms with Crippen molar-refractivity contribution in [3.8, 4) is 0 Å². The summed E-state index contributed by atoms with van der Waals surface area (Å²) in [6.45, 7) is 0.198. The number of likely N-dealkylation sites (tertiary alicyclic amines) is 1. The van der Waals surface area contributed by atoms with Gasteiger partial charge in [0.2, 0.25) is 11.8 Å². The van der Waals surface area contributed by atoms with E-state index in [1.807, 2.05) is 0 Å². The van der Waals surface area contributed by atoms with Gasteiger partial charge in [-0.1, -0.05) is 5.16 Å². The molecule has 2 atom stereocenters. The van der Waals surface area contributed by atoms with E-state index in [1.165, 1.54) is 4.90 Å². The van der Waals surface area contributed by atoms with Gasteiger partial charge in [-0.05, 0) is 22.4 Å². The number of aromatic nitrogens is 1. The van der Waals surface area contributed by atoms with E-state index < -0.39 is 0 Å². The molecule has 15 heavy (non-hydrogen) atoms. The van der Waals surface area contributed by atoms with Gasteiger partial charge in [0, 0.05) is 6.07 Å². The van der Waals surface area contributed by atoms with E-state index in [-0.39, 0.29) is 30.2 Å². The number of nitrogens with zero attached hydrogens (tertiary/aromatic N) is 2. The Hall–Kier alpha value is -1.17. The topological polar surface area (TPSA) is 63.4 Å². The second-order valence-electron chi connectivity index (χ2n) is 3.83. The van der Waals surface area contributed by atoms with Gasteiger partial charge in [0.15, 0.2) is 5.76 Å². The molecule has 3 rings (SSSR count). The Morgan fingerprint density at radius 2 is 2.13 bits per heavy atom. The average Bonchev–Trinajstić information content (AvgIpc) is 2.85. The van der Waals surface area contributed by atoms with Gasteiger partial charge in [-0.25, -0.2) is 0 Å². The van der Waals surface area contributed by atoms with Crippen LogP contribution in [-0.2, 0) is 16.1 Å². The molecule has 78 valence electrons. The highest BCUT2D eigenvalue weighted by Gasteiger charge is 2.58. The second-order valence-corrected chi connectivity index (χ2v) is 4.64. The number of rotatable bonds is 2. The minimum Gasteiger partial charge on any atom is -0.358 e. The van der Waals surface area contributed by atoms with Crippen molar-refractivity contribution >= 4 is 27.7 Å². The van der Waals surface area contributed by atoms with Crippen molar-refractivity contribution in [2.45, 2.75) is 13.0 Å². The number of halogens is 1. The van der Waals surface area contributed by atoms with Gasteiger partial charge < -0.3 is 4.52 Å². The molecular formula is C9H7BrN2O3. The van der Waals surface area contributed by atoms with Crippen LogP contribution < -0.4 is 0 Å². The number of hydrogen-bond donors (Lipinski definition) is 0. The lowest BCUT2D eigenvalue weighted by molar-refractivity contribution is -0.142. The predicted molar refractivity (Wildman–Crippen MR) is 51.4 cm³/mol. The summed E-state index contributed by atoms with van der Waals surface area (Å²) < 4.78 is 5.50. The summed E-state index contributed by atoms with van der Waals surface area (Å²) in [6.07, 6.45) is 0.730. The number of imide groups is 1. The normalized spacial score (nSPS) is 28.5. The van der Waals surface area contributed by atoms with Gasteiger partial charge in [-0.2, -0.15) is 0 Å². The number of amides is 2. The van der Waals surface area contributed by atoms with Gasteiger partial charge in [0.05, 0.1) is 18.4 Å². The average molecular weight is 271 g/mol. The first-order valence-electron chi connectivity index (χ1n) is 4.63. The van der Waals surface area contributed by atoms with E-state index in [0.29, 0.717) is 10.4 Å². The van der Waals surface area contributed by atoms with Crippen molar-refractivity contribution in [3.63, 3.8) is 0 Å². The first-order chi connectivity index (χ1) is 7.16. The Bertz CT molecular complexity index is 436. The largest absolute Gasteiger partial charge is 0.358 e. The fourth-order valence-corrected chi connectivity index (χ4v) is 2.25. The molecule has 6 heteroatoms. The fraction of sp³-hybridized carbons (Fsp3) is 0.444. The van der Waals surface area contributed by atoms with Gasteiger partial charge in [0.25, 0.3) is 0 Å². The van der Waals surface area contributed by atoms with Gasteiger partial charge in [-0.3, -0.25) is 14.5 Å². The number of hydrogen-bond acceptors (Lipinski definition) is 4. The molecule has 2 unspecified atom stereocenters. The van der Waals surface area contributed by atoms with Crippen LogP contribution in [0.25, 0.3) is 0 Å². The molecule has 1 aromatic heterocycles. The molecular weight excluding hydrogens is 264 g/mol. The third kappa shape index (κ3) is 1.31. The maximum absolute atomic E-state index is 11.6. The first kappa shape index (κ1) is 9.08. The molecule has 1 aliphatic heterocycles. The second kappa shape index (κ2) is 2.91. The Morgan fingerprint density at radius 3 is 2.67 bits per heavy atom. The molecule has 0 N–H and O–H groups in total. The molecule has 1 saturated carbocycles. The van der Waals surface area contributed by atoms with E-state index in [4.69, 9.17) is 4.52 Å². The van der Waals surface area contributed by atoms with Crippen LogP contribution >= 0.6 is 15.9 Å². The monoisotopic (exact) mass is 270 g/mol. The number of piperidine rings is 1. The smallest absolute Gasteiger partial charge is 0.233 e. The summed E-state index contributed by atoms with van der Waals surface area (Å²) in [5.74, 6) is 0.271. The molecule has 1 saturated heterocycles. The molecule has 5 nitrogen and oxygen atoms in total. The van der Waals surface area contributed by atoms with E-state index >= 15 is 0 Å². The van der Waals surface area contributed by atoms with Gasteiger partial charge in [0.1, 0.15) is 4.60 Å². The van der Waals surface area contributed by atoms with Crippen LogP contribution in [0.1, 0.15) is 12.2 Å². The molecule has 1 aliphatic carbocycles. The van der Waals surface area contributed by atoms with Crippen LogP contribution in [0.15, 0.2) is 15.2 Å². The summed E-state index contributed by atoms with van der Waals surface area (Å²) in [7, 11) is 0. The Balaban J connectivity index is 1.79. The van der Waals surface area contributed by atoms with Crippen LogP contribution in [0.3, 0.4) is 0 Å². The van der Waals surface area contributed by atoms with Crippen molar-refractivity contribution in [1.82, 2.24) is 10.1 Å². The highest BCUT2D eigenvalue weighted by molar-refractivity contribution is 9.10. The zero-order valence-corrected chi connectivity index (χ0v) is 9.23. The minimum absolute atomic E-state index is 0.0520. The molecule has 0 radical (unpaired) electrons. The predicted octanol–water partition coefficient (Wildman–Crippen LogP) is 0.942. The van der Waals surface area contributed by atoms with Crippen molar-refractivity contribution in [1.29, 1.82) is 0 Å². The molecule has 2 aliphatic rings. The molecule has 2 amide bonds. The minimum atomic E-state index is -0.0717. The SMILES string of the molecule is O=C1C2CC2C(=O)N1Cc1cc(Br)no1. The lowest BCUT2D eigenvalue weighted by Crippen LogP contribution is -2.32. The van der Waals surface area contributed by atoms with E-state index in [1.54, 1.807) is 6.07 Å². The third-order valence-corrected chi connectivity index (χ3v) is 3.17. The summed E-state index contributed by atoms with van der Waals surface area (Å²) in [5.41, 5.74) is 0. The molecule has 0 spiro atoms. The van der Waals surface area contributed by atoms with E-state index in [2.05, 4.69) is 21.1 Å². The Morgan fingerprint density at radius 1 is 1.47 bits per heavy atom. The molecule has 0 bridgehead atoms. The van der Waals surface area contributed by atoms with E-state index in [9.17, 15) is 9.59 Å². The van der Waals surface area contributed by atoms with Crippen molar-refractivity contribution in [2.24, 2.45) is 11.8 Å². The number of carbonyl (C=O) groups is 2. The van der Waals surface area contributed by atoms with Crippen molar-refractivity contribution in [3.05, 3.63) is 16.4 Å². The van der Waals surface area contributed by atoms with Crippen LogP contribution in [-0.4, -0.2) is 21.9 Å². The quantitative estimate of drug-likeness (QED) is 0.751. The highest BCUT2D eigenvalue weighted by Crippen LogP contribution is 2.47. The van der Waals surface area contributed by atoms with Crippen LogP contribution in [0, 0.1) is 11.8 Å². The van der Waals surface area contributed by atoms with Crippen LogP contribution in [0.5, 0.6) is 0 Å². The van der Waals surface area contributed by atoms with Crippen molar-refractivity contribution < 1.29 is 14.1 Å². The van der Waals surface area contributed by atoms with Crippen LogP contribution in [0.4, 0.5) is 0 Å². The standard InChI is InChI=1S/C9H7BrN2O3/c10-7-1-4(15-11-7)3-12-8(13)5-2-6(5)9(12)14/h1,5-6H,2-3H2. The fourth-order valence-electron chi connectivity index (χ4n) is 1.92. The lowest BCUT2D eigenvalue weighted by atomic mass is 10.3. The van der Waals surface area contributed by atoms with Gasteiger partial charge in [-0.15, -0.1) is 0 Å². The Labute approximate surface area is 93.5 Å². The maximum atomic E-state index is 11.6. The van der Waals surface area contributed by atoms with Gasteiger partial charge >= 0.3 is 0 Å². The molecule has 2 fully saturated rings. The highest BCUT2D eigenvalue weighted by atomic mass is 79.9. The molecule has 2 heterocycles.